The van der Waals surface area contributed by atoms with Gasteiger partial charge in [0.05, 0.1) is 7.11 Å². The molecule has 148 valence electrons. The van der Waals surface area contributed by atoms with Gasteiger partial charge in [-0.25, -0.2) is 0 Å². The van der Waals surface area contributed by atoms with E-state index < -0.39 is 5.54 Å². The van der Waals surface area contributed by atoms with Crippen LogP contribution >= 0.6 is 12.2 Å². The van der Waals surface area contributed by atoms with Crippen LogP contribution in [0.15, 0.2) is 48.5 Å². The topological polar surface area (TPSA) is 67.6 Å². The number of carbonyl (C=O) groups is 1. The molecule has 2 aromatic rings. The monoisotopic (exact) mass is 397 g/mol. The molecule has 0 aromatic heterocycles. The van der Waals surface area contributed by atoms with Gasteiger partial charge in [-0.05, 0) is 67.9 Å². The van der Waals surface area contributed by atoms with Crippen LogP contribution in [0, 0.1) is 6.92 Å². The van der Waals surface area contributed by atoms with E-state index in [9.17, 15) is 4.79 Å². The Labute approximate surface area is 171 Å². The molecule has 3 rings (SSSR count). The van der Waals surface area contributed by atoms with E-state index in [0.29, 0.717) is 12.8 Å². The van der Waals surface area contributed by atoms with Crippen LogP contribution in [0.1, 0.15) is 37.7 Å². The molecule has 0 saturated heterocycles. The predicted molar refractivity (Wildman–Crippen MR) is 118 cm³/mol. The number of anilines is 2. The van der Waals surface area contributed by atoms with E-state index >= 15 is 0 Å². The molecular formula is C22H27N3O2S. The molecule has 1 fully saturated rings. The van der Waals surface area contributed by atoms with E-state index in [1.807, 2.05) is 60.4 Å². The molecule has 6 heteroatoms. The zero-order chi connectivity index (χ0) is 20.1. The van der Waals surface area contributed by atoms with Gasteiger partial charge in [0.25, 0.3) is 5.91 Å². The van der Waals surface area contributed by atoms with E-state index in [1.54, 1.807) is 7.11 Å². The Balaban J connectivity index is 2.01. The summed E-state index contributed by atoms with van der Waals surface area (Å²) in [7, 11) is 1.62. The highest BCUT2D eigenvalue weighted by Crippen LogP contribution is 2.38. The van der Waals surface area contributed by atoms with Crippen molar-refractivity contribution in [3.63, 3.8) is 0 Å². The SMILES string of the molecule is COc1ccc(N(C(N)=S)C2(C(=O)Nc3ccccc3C)CCCCC2)cc1. The molecule has 0 unspecified atom stereocenters. The van der Waals surface area contributed by atoms with Gasteiger partial charge in [-0.15, -0.1) is 0 Å². The number of ether oxygens (including phenoxy) is 1. The van der Waals surface area contributed by atoms with Crippen LogP contribution in [-0.2, 0) is 4.79 Å². The molecule has 0 heterocycles. The zero-order valence-corrected chi connectivity index (χ0v) is 17.2. The summed E-state index contributed by atoms with van der Waals surface area (Å²) in [4.78, 5) is 15.4. The summed E-state index contributed by atoms with van der Waals surface area (Å²) in [6.45, 7) is 1.98. The molecule has 1 aliphatic carbocycles. The quantitative estimate of drug-likeness (QED) is 0.732. The number of hydrogen-bond donors (Lipinski definition) is 2. The zero-order valence-electron chi connectivity index (χ0n) is 16.4. The van der Waals surface area contributed by atoms with Crippen molar-refractivity contribution in [2.45, 2.75) is 44.6 Å². The summed E-state index contributed by atoms with van der Waals surface area (Å²) < 4.78 is 5.26. The van der Waals surface area contributed by atoms with Gasteiger partial charge < -0.3 is 20.7 Å². The summed E-state index contributed by atoms with van der Waals surface area (Å²) in [5, 5.41) is 3.33. The third-order valence-electron chi connectivity index (χ3n) is 5.48. The second-order valence-corrected chi connectivity index (χ2v) is 7.65. The van der Waals surface area contributed by atoms with Crippen LogP contribution < -0.4 is 20.7 Å². The Bertz CT molecular complexity index is 845. The van der Waals surface area contributed by atoms with Crippen molar-refractivity contribution in [3.05, 3.63) is 54.1 Å². The van der Waals surface area contributed by atoms with Crippen molar-refractivity contribution in [2.24, 2.45) is 5.73 Å². The molecule has 28 heavy (non-hydrogen) atoms. The van der Waals surface area contributed by atoms with Crippen molar-refractivity contribution < 1.29 is 9.53 Å². The van der Waals surface area contributed by atoms with Crippen LogP contribution in [-0.4, -0.2) is 23.7 Å². The van der Waals surface area contributed by atoms with Gasteiger partial charge in [-0.3, -0.25) is 4.79 Å². The second kappa shape index (κ2) is 8.61. The smallest absolute Gasteiger partial charge is 0.250 e. The third kappa shape index (κ3) is 3.97. The Hall–Kier alpha value is -2.60. The number of carbonyl (C=O) groups excluding carboxylic acids is 1. The number of rotatable bonds is 5. The summed E-state index contributed by atoms with van der Waals surface area (Å²) in [6.07, 6.45) is 4.42. The van der Waals surface area contributed by atoms with Gasteiger partial charge in [-0.1, -0.05) is 37.5 Å². The number of amides is 1. The first kappa shape index (κ1) is 20.1. The molecule has 0 aliphatic heterocycles. The maximum absolute atomic E-state index is 13.6. The molecular weight excluding hydrogens is 370 g/mol. The van der Waals surface area contributed by atoms with Crippen molar-refractivity contribution in [1.82, 2.24) is 0 Å². The Morgan fingerprint density at radius 3 is 2.32 bits per heavy atom. The number of para-hydroxylation sites is 1. The van der Waals surface area contributed by atoms with Crippen molar-refractivity contribution >= 4 is 34.6 Å². The first-order valence-electron chi connectivity index (χ1n) is 9.59. The number of nitrogens with zero attached hydrogens (tertiary/aromatic N) is 1. The number of nitrogens with two attached hydrogens (primary N) is 1. The fraction of sp³-hybridized carbons (Fsp3) is 0.364. The standard InChI is InChI=1S/C22H27N3O2S/c1-16-8-4-5-9-19(16)24-20(26)22(14-6-3-7-15-22)25(21(23)28)17-10-12-18(27-2)13-11-17/h4-5,8-13H,3,6-7,14-15H2,1-2H3,(H2,23,28)(H,24,26). The number of benzene rings is 2. The molecule has 0 spiro atoms. The van der Waals surface area contributed by atoms with E-state index in [-0.39, 0.29) is 11.0 Å². The molecule has 0 atom stereocenters. The van der Waals surface area contributed by atoms with Gasteiger partial charge in [0.1, 0.15) is 11.3 Å². The van der Waals surface area contributed by atoms with Crippen molar-refractivity contribution in [3.8, 4) is 5.75 Å². The molecule has 1 amide bonds. The minimum absolute atomic E-state index is 0.0647. The van der Waals surface area contributed by atoms with Crippen LogP contribution in [0.25, 0.3) is 0 Å². The molecule has 2 aromatic carbocycles. The lowest BCUT2D eigenvalue weighted by Gasteiger charge is -2.45. The Morgan fingerprint density at radius 2 is 1.75 bits per heavy atom. The van der Waals surface area contributed by atoms with E-state index in [0.717, 1.165) is 42.0 Å². The number of nitrogens with one attached hydrogen (secondary N) is 1. The van der Waals surface area contributed by atoms with Gasteiger partial charge in [0.2, 0.25) is 0 Å². The van der Waals surface area contributed by atoms with Gasteiger partial charge in [0, 0.05) is 11.4 Å². The highest BCUT2D eigenvalue weighted by molar-refractivity contribution is 7.80. The molecule has 0 bridgehead atoms. The second-order valence-electron chi connectivity index (χ2n) is 7.23. The lowest BCUT2D eigenvalue weighted by atomic mass is 9.79. The van der Waals surface area contributed by atoms with Crippen LogP contribution in [0.5, 0.6) is 5.75 Å². The lowest BCUT2D eigenvalue weighted by molar-refractivity contribution is -0.122. The summed E-state index contributed by atoms with van der Waals surface area (Å²) >= 11 is 5.42. The normalized spacial score (nSPS) is 15.5. The number of thiocarbonyl (C=S) groups is 1. The fourth-order valence-corrected chi connectivity index (χ4v) is 4.24. The van der Waals surface area contributed by atoms with Gasteiger partial charge >= 0.3 is 0 Å². The fourth-order valence-electron chi connectivity index (χ4n) is 3.96. The summed E-state index contributed by atoms with van der Waals surface area (Å²) in [5.74, 6) is 0.679. The van der Waals surface area contributed by atoms with Crippen LogP contribution in [0.2, 0.25) is 0 Å². The average molecular weight is 398 g/mol. The highest BCUT2D eigenvalue weighted by atomic mass is 32.1. The van der Waals surface area contributed by atoms with E-state index in [4.69, 9.17) is 22.7 Å². The summed E-state index contributed by atoms with van der Waals surface area (Å²) in [6, 6.07) is 15.3. The molecule has 3 N–H and O–H groups in total. The van der Waals surface area contributed by atoms with Crippen molar-refractivity contribution in [1.29, 1.82) is 0 Å². The lowest BCUT2D eigenvalue weighted by Crippen LogP contribution is -2.61. The van der Waals surface area contributed by atoms with Crippen LogP contribution in [0.4, 0.5) is 11.4 Å². The largest absolute Gasteiger partial charge is 0.497 e. The summed E-state index contributed by atoms with van der Waals surface area (Å²) in [5.41, 5.74) is 8.00. The third-order valence-corrected chi connectivity index (χ3v) is 5.66. The number of methoxy groups -OCH3 is 1. The van der Waals surface area contributed by atoms with Gasteiger partial charge in [0.15, 0.2) is 5.11 Å². The minimum Gasteiger partial charge on any atom is -0.497 e. The first-order chi connectivity index (χ1) is 13.5. The van der Waals surface area contributed by atoms with Crippen LogP contribution in [0.3, 0.4) is 0 Å². The maximum Gasteiger partial charge on any atom is 0.250 e. The average Bonchev–Trinajstić information content (AvgIpc) is 2.71. The Kier molecular flexibility index (Phi) is 6.19. The molecule has 1 aliphatic rings. The van der Waals surface area contributed by atoms with E-state index in [2.05, 4.69) is 5.32 Å². The molecule has 5 nitrogen and oxygen atoms in total. The maximum atomic E-state index is 13.6. The first-order valence-corrected chi connectivity index (χ1v) is 9.99. The highest BCUT2D eigenvalue weighted by Gasteiger charge is 2.46. The minimum atomic E-state index is -0.805. The number of aryl methyl sites for hydroxylation is 1. The predicted octanol–water partition coefficient (Wildman–Crippen LogP) is 4.40. The Morgan fingerprint density at radius 1 is 1.11 bits per heavy atom. The molecule has 1 saturated carbocycles. The van der Waals surface area contributed by atoms with E-state index in [1.165, 1.54) is 0 Å². The number of hydrogen-bond acceptors (Lipinski definition) is 3. The van der Waals surface area contributed by atoms with Gasteiger partial charge in [-0.2, -0.15) is 0 Å². The van der Waals surface area contributed by atoms with Crippen molar-refractivity contribution in [2.75, 3.05) is 17.3 Å². The molecule has 0 radical (unpaired) electrons.